The molecule has 0 aliphatic heterocycles. The lowest BCUT2D eigenvalue weighted by Crippen LogP contribution is -2.40. The molecule has 3 atom stereocenters. The van der Waals surface area contributed by atoms with Gasteiger partial charge in [0.15, 0.2) is 17.3 Å². The summed E-state index contributed by atoms with van der Waals surface area (Å²) in [6, 6.07) is 23.1. The van der Waals surface area contributed by atoms with Gasteiger partial charge in [0.05, 0.1) is 25.4 Å². The van der Waals surface area contributed by atoms with Crippen molar-refractivity contribution >= 4 is 16.0 Å². The zero-order valence-electron chi connectivity index (χ0n) is 29.4. The number of alkyl halides is 1. The molecule has 0 bridgehead atoms. The molecule has 0 radical (unpaired) electrons. The first-order valence-electron chi connectivity index (χ1n) is 17.1. The summed E-state index contributed by atoms with van der Waals surface area (Å²) in [7, 11) is -2.30. The number of halogens is 3. The molecule has 0 amide bonds. The Balaban J connectivity index is 1.39. The van der Waals surface area contributed by atoms with Gasteiger partial charge in [-0.1, -0.05) is 60.7 Å². The number of carbonyl (C=O) groups is 1. The Labute approximate surface area is 306 Å². The monoisotopic (exact) mass is 748 g/mol. The first-order chi connectivity index (χ1) is 25.4. The zero-order valence-corrected chi connectivity index (χ0v) is 30.2. The molecule has 1 aliphatic rings. The van der Waals surface area contributed by atoms with E-state index >= 15 is 13.2 Å². The predicted octanol–water partition coefficient (Wildman–Crippen LogP) is 8.35. The number of para-hydroxylation sites is 1. The van der Waals surface area contributed by atoms with Crippen LogP contribution in [0.4, 0.5) is 13.2 Å². The Morgan fingerprint density at radius 3 is 2.43 bits per heavy atom. The van der Waals surface area contributed by atoms with E-state index < -0.39 is 45.3 Å². The van der Waals surface area contributed by atoms with E-state index in [9.17, 15) is 13.2 Å². The van der Waals surface area contributed by atoms with E-state index in [1.165, 1.54) is 41.7 Å². The van der Waals surface area contributed by atoms with Crippen LogP contribution < -0.4 is 9.47 Å². The number of hydrogen-bond acceptors (Lipinski definition) is 8. The number of aromatic nitrogens is 1. The molecule has 0 N–H and O–H groups in total. The number of esters is 1. The highest BCUT2D eigenvalue weighted by Crippen LogP contribution is 2.53. The van der Waals surface area contributed by atoms with E-state index in [-0.39, 0.29) is 73.0 Å². The molecule has 278 valence electrons. The largest absolute Gasteiger partial charge is 0.497 e. The molecule has 0 saturated heterocycles. The van der Waals surface area contributed by atoms with Gasteiger partial charge in [-0.15, -0.1) is 0 Å². The summed E-state index contributed by atoms with van der Waals surface area (Å²) in [6.07, 6.45) is 0.434. The molecule has 9 nitrogen and oxygen atoms in total. The minimum absolute atomic E-state index is 0.00616. The number of rotatable bonds is 14. The smallest absolute Gasteiger partial charge is 0.360 e. The highest BCUT2D eigenvalue weighted by atomic mass is 32.2. The molecular weight excluding hydrogens is 710 g/mol. The van der Waals surface area contributed by atoms with Crippen LogP contribution in [0.25, 0.3) is 11.1 Å². The number of sulfonamides is 1. The maximum absolute atomic E-state index is 17.5. The van der Waals surface area contributed by atoms with Crippen LogP contribution in [-0.4, -0.2) is 49.7 Å². The van der Waals surface area contributed by atoms with Crippen molar-refractivity contribution in [1.29, 1.82) is 0 Å². The van der Waals surface area contributed by atoms with Crippen LogP contribution in [0.1, 0.15) is 65.4 Å². The molecule has 4 aromatic carbocycles. The quantitative estimate of drug-likeness (QED) is 0.104. The van der Waals surface area contributed by atoms with Crippen molar-refractivity contribution in [1.82, 2.24) is 9.29 Å². The molecule has 1 aromatic heterocycles. The molecule has 1 fully saturated rings. The number of carbonyl (C=O) groups excluding carboxylic acids is 1. The third kappa shape index (κ3) is 8.11. The predicted molar refractivity (Wildman–Crippen MR) is 192 cm³/mol. The van der Waals surface area contributed by atoms with Crippen molar-refractivity contribution in [2.24, 2.45) is 0 Å². The molecule has 1 saturated carbocycles. The lowest BCUT2D eigenvalue weighted by molar-refractivity contribution is 0.0519. The summed E-state index contributed by atoms with van der Waals surface area (Å²) in [5, 5.41) is 0. The van der Waals surface area contributed by atoms with Gasteiger partial charge in [-0.25, -0.2) is 31.4 Å². The highest BCUT2D eigenvalue weighted by Gasteiger charge is 2.53. The van der Waals surface area contributed by atoms with Crippen molar-refractivity contribution < 1.29 is 45.0 Å². The Hall–Kier alpha value is -5.14. The number of benzene rings is 4. The number of nitrogens with zero attached hydrogens (tertiary/aromatic N) is 2. The Kier molecular flexibility index (Phi) is 11.2. The van der Waals surface area contributed by atoms with Crippen LogP contribution in [0.3, 0.4) is 0 Å². The lowest BCUT2D eigenvalue weighted by Gasteiger charge is -2.32. The molecule has 5 aromatic rings. The number of oxazole rings is 1. The van der Waals surface area contributed by atoms with Crippen LogP contribution in [0.15, 0.2) is 102 Å². The molecule has 1 unspecified atom stereocenters. The number of hydrogen-bond donors (Lipinski definition) is 0. The minimum Gasteiger partial charge on any atom is -0.497 e. The first-order valence-corrected chi connectivity index (χ1v) is 18.9. The molecule has 1 aliphatic carbocycles. The third-order valence-corrected chi connectivity index (χ3v) is 10.8. The van der Waals surface area contributed by atoms with Crippen molar-refractivity contribution in [2.45, 2.75) is 57.0 Å². The fourth-order valence-corrected chi connectivity index (χ4v) is 7.99. The van der Waals surface area contributed by atoms with E-state index in [4.69, 9.17) is 18.6 Å². The van der Waals surface area contributed by atoms with E-state index in [0.29, 0.717) is 11.3 Å². The van der Waals surface area contributed by atoms with Crippen molar-refractivity contribution in [3.8, 4) is 22.6 Å². The summed E-state index contributed by atoms with van der Waals surface area (Å²) in [4.78, 5) is 17.0. The molecule has 1 heterocycles. The normalized spacial score (nSPS) is 17.8. The van der Waals surface area contributed by atoms with Crippen LogP contribution >= 0.6 is 0 Å². The Bertz CT molecular complexity index is 2160. The van der Waals surface area contributed by atoms with Gasteiger partial charge in [0.25, 0.3) is 0 Å². The second-order valence-corrected chi connectivity index (χ2v) is 14.9. The SMILES string of the molecule is CCOC(=O)c1coc([C@@]2(C(F)c3ccc(F)c(-c4cccc(F)c4OCc4ccccc4)c3)CC[C@H](N(Cc3ccc(OC)cc3)S(C)(=O)=O)C2)n1. The fraction of sp³-hybridized carbons (Fsp3) is 0.300. The standard InChI is InChI=1S/C40H39F3N2O7S/c1-4-50-38(46)35-25-52-39(44-35)40(20-19-29(22-40)45(53(3,47)48)23-26-13-16-30(49-2)17-14-26)37(43)28-15-18-33(41)32(21-28)31-11-8-12-34(42)36(31)51-24-27-9-6-5-7-10-27/h5-18,21,25,29,37H,4,19-20,22-24H2,1-3H3/t29-,37?,40-/m0/s1. The molecule has 53 heavy (non-hydrogen) atoms. The minimum atomic E-state index is -3.83. The maximum atomic E-state index is 17.5. The molecular formula is C40H39F3N2O7S. The Morgan fingerprint density at radius 2 is 1.74 bits per heavy atom. The van der Waals surface area contributed by atoms with E-state index in [0.717, 1.165) is 24.1 Å². The average molecular weight is 749 g/mol. The van der Waals surface area contributed by atoms with Gasteiger partial charge in [-0.3, -0.25) is 0 Å². The maximum Gasteiger partial charge on any atom is 0.360 e. The van der Waals surface area contributed by atoms with Gasteiger partial charge in [0.1, 0.15) is 30.6 Å². The molecule has 13 heteroatoms. The van der Waals surface area contributed by atoms with Crippen LogP contribution in [0.2, 0.25) is 0 Å². The second-order valence-electron chi connectivity index (χ2n) is 13.0. The zero-order chi connectivity index (χ0) is 37.8. The first kappa shape index (κ1) is 37.6. The summed E-state index contributed by atoms with van der Waals surface area (Å²) >= 11 is 0. The topological polar surface area (TPSA) is 108 Å². The summed E-state index contributed by atoms with van der Waals surface area (Å²) < 4.78 is 98.2. The van der Waals surface area contributed by atoms with Crippen LogP contribution in [0, 0.1) is 11.6 Å². The van der Waals surface area contributed by atoms with Crippen LogP contribution in [0.5, 0.6) is 11.5 Å². The average Bonchev–Trinajstić information content (AvgIpc) is 3.83. The highest BCUT2D eigenvalue weighted by molar-refractivity contribution is 7.88. The van der Waals surface area contributed by atoms with E-state index in [1.807, 2.05) is 30.3 Å². The summed E-state index contributed by atoms with van der Waals surface area (Å²) in [6.45, 7) is 1.72. The summed E-state index contributed by atoms with van der Waals surface area (Å²) in [5.74, 6) is -1.95. The molecule has 0 spiro atoms. The lowest BCUT2D eigenvalue weighted by atomic mass is 9.77. The molecule has 6 rings (SSSR count). The Morgan fingerprint density at radius 1 is 0.981 bits per heavy atom. The van der Waals surface area contributed by atoms with Gasteiger partial charge < -0.3 is 18.6 Å². The number of ether oxygens (including phenoxy) is 3. The van der Waals surface area contributed by atoms with Crippen molar-refractivity contribution in [3.05, 3.63) is 137 Å². The van der Waals surface area contributed by atoms with E-state index in [2.05, 4.69) is 4.98 Å². The van der Waals surface area contributed by atoms with Gasteiger partial charge >= 0.3 is 5.97 Å². The second kappa shape index (κ2) is 15.8. The van der Waals surface area contributed by atoms with Gasteiger partial charge in [0.2, 0.25) is 15.9 Å². The van der Waals surface area contributed by atoms with Gasteiger partial charge in [-0.2, -0.15) is 4.31 Å². The van der Waals surface area contributed by atoms with Crippen LogP contribution in [-0.2, 0) is 33.3 Å². The van der Waals surface area contributed by atoms with E-state index in [1.54, 1.807) is 31.2 Å². The third-order valence-electron chi connectivity index (χ3n) is 9.52. The number of methoxy groups -OCH3 is 1. The van der Waals surface area contributed by atoms with Crippen molar-refractivity contribution in [3.63, 3.8) is 0 Å². The fourth-order valence-electron chi connectivity index (χ4n) is 6.88. The van der Waals surface area contributed by atoms with Gasteiger partial charge in [-0.05, 0) is 73.2 Å². The van der Waals surface area contributed by atoms with Gasteiger partial charge in [0, 0.05) is 23.7 Å². The summed E-state index contributed by atoms with van der Waals surface area (Å²) in [5.41, 5.74) is -0.326. The van der Waals surface area contributed by atoms with Crippen molar-refractivity contribution in [2.75, 3.05) is 20.0 Å².